The summed E-state index contributed by atoms with van der Waals surface area (Å²) >= 11 is 5.83. The number of imide groups is 2. The fraction of sp³-hybridized carbons (Fsp3) is 0.0435. The molecule has 1 aliphatic heterocycles. The number of rotatable bonds is 6. The molecule has 1 atom stereocenters. The fourth-order valence-corrected chi connectivity index (χ4v) is 3.22. The second-order valence-corrected chi connectivity index (χ2v) is 7.59. The van der Waals surface area contributed by atoms with Gasteiger partial charge in [-0.1, -0.05) is 11.6 Å². The topological polar surface area (TPSA) is 150 Å². The van der Waals surface area contributed by atoms with E-state index in [-0.39, 0.29) is 17.0 Å². The molecule has 2 aromatic carbocycles. The van der Waals surface area contributed by atoms with Gasteiger partial charge in [0.05, 0.1) is 12.0 Å². The molecular weight excluding hydrogens is 478 g/mol. The molecule has 12 heteroatoms. The zero-order valence-electron chi connectivity index (χ0n) is 17.7. The van der Waals surface area contributed by atoms with Gasteiger partial charge in [-0.05, 0) is 60.7 Å². The van der Waals surface area contributed by atoms with E-state index in [0.717, 1.165) is 11.1 Å². The second-order valence-electron chi connectivity index (χ2n) is 7.15. The number of barbiturate groups is 1. The summed E-state index contributed by atoms with van der Waals surface area (Å²) in [6.07, 6.45) is 2.31. The first-order chi connectivity index (χ1) is 16.8. The largest absolute Gasteiger partial charge is 0.459 e. The number of nitrogens with zero attached hydrogens (tertiary/aromatic N) is 2. The molecule has 0 saturated carbocycles. The molecule has 4 rings (SSSR count). The van der Waals surface area contributed by atoms with Gasteiger partial charge in [-0.15, -0.1) is 0 Å². The highest BCUT2D eigenvalue weighted by Gasteiger charge is 2.40. The van der Waals surface area contributed by atoms with Crippen LogP contribution in [-0.2, 0) is 9.59 Å². The maximum atomic E-state index is 12.8. The van der Waals surface area contributed by atoms with Gasteiger partial charge >= 0.3 is 6.03 Å². The van der Waals surface area contributed by atoms with E-state index >= 15 is 0 Å². The molecule has 1 aliphatic rings. The highest BCUT2D eigenvalue weighted by molar-refractivity contribution is 6.33. The Morgan fingerprint density at radius 2 is 1.71 bits per heavy atom. The maximum Gasteiger partial charge on any atom is 0.335 e. The van der Waals surface area contributed by atoms with Gasteiger partial charge in [0.1, 0.15) is 0 Å². The number of amides is 6. The van der Waals surface area contributed by atoms with Crippen molar-refractivity contribution in [3.63, 3.8) is 0 Å². The van der Waals surface area contributed by atoms with E-state index in [2.05, 4.69) is 21.2 Å². The minimum atomic E-state index is -1.44. The van der Waals surface area contributed by atoms with Gasteiger partial charge < -0.3 is 9.73 Å². The van der Waals surface area contributed by atoms with Crippen molar-refractivity contribution in [2.45, 2.75) is 0 Å². The molecule has 2 heterocycles. The second kappa shape index (κ2) is 10.0. The van der Waals surface area contributed by atoms with Crippen LogP contribution < -0.4 is 21.0 Å². The monoisotopic (exact) mass is 493 g/mol. The lowest BCUT2D eigenvalue weighted by Crippen LogP contribution is -2.58. The predicted molar refractivity (Wildman–Crippen MR) is 125 cm³/mol. The van der Waals surface area contributed by atoms with Crippen molar-refractivity contribution < 1.29 is 28.4 Å². The van der Waals surface area contributed by atoms with Crippen LogP contribution >= 0.6 is 11.6 Å². The number of halogens is 1. The number of urea groups is 1. The SMILES string of the molecule is O=C(N/N=C\[C@H]1C(=O)NC(=O)N(c2ccc(Cl)cc2)C1=O)c1ccc(NC(=O)c2ccco2)cc1. The quantitative estimate of drug-likeness (QED) is 0.273. The van der Waals surface area contributed by atoms with Crippen LogP contribution in [0.2, 0.25) is 5.02 Å². The molecular formula is C23H16ClN5O6. The van der Waals surface area contributed by atoms with Gasteiger partial charge in [-0.3, -0.25) is 24.5 Å². The van der Waals surface area contributed by atoms with E-state index in [1.165, 1.54) is 60.9 Å². The highest BCUT2D eigenvalue weighted by Crippen LogP contribution is 2.22. The van der Waals surface area contributed by atoms with E-state index in [9.17, 15) is 24.0 Å². The molecule has 1 aromatic heterocycles. The number of furan rings is 1. The molecule has 3 N–H and O–H groups in total. The molecule has 0 unspecified atom stereocenters. The minimum Gasteiger partial charge on any atom is -0.459 e. The molecule has 35 heavy (non-hydrogen) atoms. The summed E-state index contributed by atoms with van der Waals surface area (Å²) in [6, 6.07) is 14.0. The van der Waals surface area contributed by atoms with Crippen molar-refractivity contribution in [2.24, 2.45) is 11.0 Å². The number of anilines is 2. The van der Waals surface area contributed by atoms with Crippen LogP contribution in [0.4, 0.5) is 16.2 Å². The summed E-state index contributed by atoms with van der Waals surface area (Å²) in [4.78, 5) is 62.2. The third-order valence-electron chi connectivity index (χ3n) is 4.83. The highest BCUT2D eigenvalue weighted by atomic mass is 35.5. The molecule has 0 bridgehead atoms. The van der Waals surface area contributed by atoms with Crippen LogP contribution in [0.25, 0.3) is 0 Å². The van der Waals surface area contributed by atoms with Crippen molar-refractivity contribution in [3.8, 4) is 0 Å². The summed E-state index contributed by atoms with van der Waals surface area (Å²) < 4.78 is 5.01. The van der Waals surface area contributed by atoms with Gasteiger partial charge in [0.2, 0.25) is 5.91 Å². The molecule has 0 radical (unpaired) electrons. The first-order valence-corrected chi connectivity index (χ1v) is 10.4. The zero-order valence-corrected chi connectivity index (χ0v) is 18.5. The maximum absolute atomic E-state index is 12.8. The van der Waals surface area contributed by atoms with Crippen LogP contribution in [0.5, 0.6) is 0 Å². The molecule has 0 spiro atoms. The Bertz CT molecular complexity index is 1320. The van der Waals surface area contributed by atoms with E-state index in [1.54, 1.807) is 6.07 Å². The number of nitrogens with one attached hydrogen (secondary N) is 3. The lowest BCUT2D eigenvalue weighted by molar-refractivity contribution is -0.131. The Kier molecular flexibility index (Phi) is 6.69. The Morgan fingerprint density at radius 1 is 1.00 bits per heavy atom. The van der Waals surface area contributed by atoms with Crippen LogP contribution in [-0.4, -0.2) is 35.9 Å². The summed E-state index contributed by atoms with van der Waals surface area (Å²) in [7, 11) is 0. The first-order valence-electron chi connectivity index (χ1n) is 10.1. The molecule has 3 aromatic rings. The third-order valence-corrected chi connectivity index (χ3v) is 5.08. The first kappa shape index (κ1) is 23.4. The van der Waals surface area contributed by atoms with Gasteiger partial charge in [-0.2, -0.15) is 5.10 Å². The summed E-state index contributed by atoms with van der Waals surface area (Å²) in [5, 5.41) is 8.79. The van der Waals surface area contributed by atoms with Crippen molar-refractivity contribution in [2.75, 3.05) is 10.2 Å². The van der Waals surface area contributed by atoms with Crippen molar-refractivity contribution in [3.05, 3.63) is 83.3 Å². The number of hydrazone groups is 1. The number of carbonyl (C=O) groups excluding carboxylic acids is 5. The Labute approximate surface area is 202 Å². The van der Waals surface area contributed by atoms with E-state index in [0.29, 0.717) is 10.7 Å². The van der Waals surface area contributed by atoms with Crippen molar-refractivity contribution in [1.82, 2.24) is 10.7 Å². The molecule has 1 fully saturated rings. The van der Waals surface area contributed by atoms with E-state index in [4.69, 9.17) is 16.0 Å². The van der Waals surface area contributed by atoms with Gasteiger partial charge in [0.25, 0.3) is 17.7 Å². The van der Waals surface area contributed by atoms with E-state index < -0.39 is 35.6 Å². The number of carbonyl (C=O) groups is 5. The summed E-state index contributed by atoms with van der Waals surface area (Å²) in [5.74, 6) is -4.09. The fourth-order valence-electron chi connectivity index (χ4n) is 3.10. The van der Waals surface area contributed by atoms with Gasteiger partial charge in [0.15, 0.2) is 11.7 Å². The van der Waals surface area contributed by atoms with Crippen LogP contribution in [0.3, 0.4) is 0 Å². The predicted octanol–water partition coefficient (Wildman–Crippen LogP) is 2.80. The molecule has 6 amide bonds. The summed E-state index contributed by atoms with van der Waals surface area (Å²) in [5.41, 5.74) is 3.07. The lowest BCUT2D eigenvalue weighted by atomic mass is 10.1. The lowest BCUT2D eigenvalue weighted by Gasteiger charge is -2.28. The Morgan fingerprint density at radius 3 is 2.37 bits per heavy atom. The van der Waals surface area contributed by atoms with Gasteiger partial charge in [-0.25, -0.2) is 15.1 Å². The Balaban J connectivity index is 1.38. The van der Waals surface area contributed by atoms with Crippen LogP contribution in [0, 0.1) is 5.92 Å². The number of hydrogen-bond donors (Lipinski definition) is 3. The standard InChI is InChI=1S/C23H16ClN5O6/c24-14-5-9-16(10-6-14)29-22(33)17(20(31)27-23(29)34)12-25-28-19(30)13-3-7-15(8-4-13)26-21(32)18-2-1-11-35-18/h1-12,17H,(H,26,32)(H,28,30)(H,27,31,34)/b25-12-/t17-/m0/s1. The van der Waals surface area contributed by atoms with Gasteiger partial charge in [0, 0.05) is 22.5 Å². The van der Waals surface area contributed by atoms with Crippen molar-refractivity contribution >= 4 is 58.9 Å². The summed E-state index contributed by atoms with van der Waals surface area (Å²) in [6.45, 7) is 0. The molecule has 11 nitrogen and oxygen atoms in total. The minimum absolute atomic E-state index is 0.138. The van der Waals surface area contributed by atoms with Crippen LogP contribution in [0.15, 0.2) is 76.4 Å². The number of hydrogen-bond acceptors (Lipinski definition) is 7. The zero-order chi connectivity index (χ0) is 24.9. The Hall–Kier alpha value is -4.77. The van der Waals surface area contributed by atoms with Crippen molar-refractivity contribution in [1.29, 1.82) is 0 Å². The van der Waals surface area contributed by atoms with E-state index in [1.807, 2.05) is 0 Å². The number of benzene rings is 2. The smallest absolute Gasteiger partial charge is 0.335 e. The van der Waals surface area contributed by atoms with Crippen LogP contribution in [0.1, 0.15) is 20.9 Å². The normalized spacial score (nSPS) is 15.7. The molecule has 0 aliphatic carbocycles. The molecule has 176 valence electrons. The third kappa shape index (κ3) is 5.25. The molecule has 1 saturated heterocycles. The average molecular weight is 494 g/mol. The average Bonchev–Trinajstić information content (AvgIpc) is 3.38.